The van der Waals surface area contributed by atoms with E-state index in [0.717, 1.165) is 29.1 Å². The molecule has 4 amide bonds. The van der Waals surface area contributed by atoms with E-state index >= 15 is 4.39 Å². The quantitative estimate of drug-likeness (QED) is 0.613. The van der Waals surface area contributed by atoms with Gasteiger partial charge in [0.15, 0.2) is 5.41 Å². The van der Waals surface area contributed by atoms with Crippen LogP contribution in [0, 0.1) is 22.1 Å². The molecule has 1 aliphatic carbocycles. The minimum absolute atomic E-state index is 0.00992. The van der Waals surface area contributed by atoms with Gasteiger partial charge in [0.1, 0.15) is 5.82 Å². The second-order valence-corrected chi connectivity index (χ2v) is 10.8. The van der Waals surface area contributed by atoms with Gasteiger partial charge in [-0.2, -0.15) is 0 Å². The van der Waals surface area contributed by atoms with Crippen molar-refractivity contribution in [3.8, 4) is 0 Å². The standard InChI is InChI=1S/C23H28FN3O3/c1-21(2)10-14-11-22(3,12-21)17-23(18(28)25(4)20(30)26(5)19(23)29)9-13-7-6-8-15(24)16(13)27(14)17/h6-8,14,17H,9-12H2,1-5H3/t14-,17+,22-/m1/s1. The van der Waals surface area contributed by atoms with Gasteiger partial charge in [0.05, 0.1) is 11.7 Å². The largest absolute Gasteiger partial charge is 0.361 e. The van der Waals surface area contributed by atoms with Crippen LogP contribution in [0.4, 0.5) is 14.9 Å². The lowest BCUT2D eigenvalue weighted by molar-refractivity contribution is -0.161. The molecule has 3 atom stereocenters. The van der Waals surface area contributed by atoms with E-state index in [4.69, 9.17) is 0 Å². The zero-order valence-electron chi connectivity index (χ0n) is 18.2. The highest BCUT2D eigenvalue weighted by Gasteiger charge is 2.72. The van der Waals surface area contributed by atoms with Crippen LogP contribution in [0.1, 0.15) is 45.6 Å². The van der Waals surface area contributed by atoms with Crippen LogP contribution in [0.15, 0.2) is 18.2 Å². The first kappa shape index (κ1) is 19.5. The lowest BCUT2D eigenvalue weighted by Crippen LogP contribution is -2.72. The van der Waals surface area contributed by atoms with E-state index in [1.165, 1.54) is 20.2 Å². The summed E-state index contributed by atoms with van der Waals surface area (Å²) in [6.45, 7) is 6.55. The number of fused-ring (bicyclic) bond motifs is 8. The molecule has 0 aromatic heterocycles. The number of halogens is 1. The van der Waals surface area contributed by atoms with E-state index < -0.39 is 29.3 Å². The maximum atomic E-state index is 15.2. The highest BCUT2D eigenvalue weighted by molar-refractivity contribution is 6.20. The van der Waals surface area contributed by atoms with E-state index in [1.54, 1.807) is 6.07 Å². The molecule has 4 aliphatic rings. The summed E-state index contributed by atoms with van der Waals surface area (Å²) >= 11 is 0. The number of amides is 4. The van der Waals surface area contributed by atoms with Gasteiger partial charge in [-0.05, 0) is 48.1 Å². The van der Waals surface area contributed by atoms with E-state index in [-0.39, 0.29) is 29.1 Å². The van der Waals surface area contributed by atoms with Gasteiger partial charge < -0.3 is 4.90 Å². The SMILES string of the molecule is CN1C(=O)N(C)C(=O)C2(Cc3cccc(F)c3N3[C@@H]4CC(C)(C)C[C@@](C)(C4)[C@H]32)C1=O. The van der Waals surface area contributed by atoms with Crippen molar-refractivity contribution >= 4 is 23.5 Å². The maximum absolute atomic E-state index is 15.2. The second kappa shape index (κ2) is 5.62. The summed E-state index contributed by atoms with van der Waals surface area (Å²) in [6.07, 6.45) is 2.63. The molecule has 160 valence electrons. The first-order chi connectivity index (χ1) is 13.9. The number of carbonyl (C=O) groups is 3. The van der Waals surface area contributed by atoms with Gasteiger partial charge in [-0.25, -0.2) is 9.18 Å². The maximum Gasteiger partial charge on any atom is 0.332 e. The highest BCUT2D eigenvalue weighted by Crippen LogP contribution is 2.64. The molecule has 2 saturated heterocycles. The fourth-order valence-corrected chi connectivity index (χ4v) is 7.44. The van der Waals surface area contributed by atoms with Gasteiger partial charge in [-0.15, -0.1) is 0 Å². The monoisotopic (exact) mass is 413 g/mol. The van der Waals surface area contributed by atoms with Crippen LogP contribution in [-0.2, 0) is 16.0 Å². The molecule has 7 heteroatoms. The number of para-hydroxylation sites is 1. The average Bonchev–Trinajstić information content (AvgIpc) is 2.89. The third kappa shape index (κ3) is 2.16. The lowest BCUT2D eigenvalue weighted by atomic mass is 9.56. The Morgan fingerprint density at radius 1 is 1.00 bits per heavy atom. The number of hydrogen-bond donors (Lipinski definition) is 0. The fourth-order valence-electron chi connectivity index (χ4n) is 7.44. The average molecular weight is 413 g/mol. The molecule has 6 nitrogen and oxygen atoms in total. The van der Waals surface area contributed by atoms with Gasteiger partial charge in [0.2, 0.25) is 11.8 Å². The molecule has 1 spiro atoms. The molecule has 3 heterocycles. The van der Waals surface area contributed by atoms with E-state index in [2.05, 4.69) is 25.7 Å². The number of anilines is 1. The number of imide groups is 2. The number of barbiturate groups is 1. The summed E-state index contributed by atoms with van der Waals surface area (Å²) in [4.78, 5) is 44.2. The summed E-state index contributed by atoms with van der Waals surface area (Å²) in [5, 5.41) is 0. The summed E-state index contributed by atoms with van der Waals surface area (Å²) in [5.41, 5.74) is -0.571. The van der Waals surface area contributed by atoms with Crippen molar-refractivity contribution in [2.24, 2.45) is 16.2 Å². The topological polar surface area (TPSA) is 60.9 Å². The summed E-state index contributed by atoms with van der Waals surface area (Å²) in [5.74, 6) is -1.24. The van der Waals surface area contributed by atoms with Crippen LogP contribution in [0.25, 0.3) is 0 Å². The summed E-state index contributed by atoms with van der Waals surface area (Å²) in [6, 6.07) is 3.84. The summed E-state index contributed by atoms with van der Waals surface area (Å²) in [7, 11) is 2.88. The molecule has 30 heavy (non-hydrogen) atoms. The number of carbonyl (C=O) groups excluding carboxylic acids is 3. The van der Waals surface area contributed by atoms with Crippen molar-refractivity contribution < 1.29 is 18.8 Å². The lowest BCUT2D eigenvalue weighted by Gasteiger charge is -2.54. The first-order valence-electron chi connectivity index (χ1n) is 10.6. The van der Waals surface area contributed by atoms with Crippen molar-refractivity contribution in [3.05, 3.63) is 29.6 Å². The second-order valence-electron chi connectivity index (χ2n) is 10.8. The van der Waals surface area contributed by atoms with Crippen molar-refractivity contribution in [1.29, 1.82) is 0 Å². The fraction of sp³-hybridized carbons (Fsp3) is 0.609. The molecule has 1 aromatic rings. The first-order valence-corrected chi connectivity index (χ1v) is 10.6. The molecule has 2 bridgehead atoms. The molecular weight excluding hydrogens is 385 g/mol. The molecule has 5 rings (SSSR count). The number of hydrogen-bond acceptors (Lipinski definition) is 4. The highest BCUT2D eigenvalue weighted by atomic mass is 19.1. The van der Waals surface area contributed by atoms with Crippen LogP contribution < -0.4 is 4.90 Å². The Labute approximate surface area is 176 Å². The van der Waals surface area contributed by atoms with Gasteiger partial charge in [-0.3, -0.25) is 19.4 Å². The molecular formula is C23H28FN3O3. The van der Waals surface area contributed by atoms with Gasteiger partial charge in [0, 0.05) is 20.1 Å². The minimum atomic E-state index is -1.43. The minimum Gasteiger partial charge on any atom is -0.361 e. The number of urea groups is 1. The number of benzene rings is 1. The van der Waals surface area contributed by atoms with Crippen LogP contribution in [0.3, 0.4) is 0 Å². The Hall–Kier alpha value is -2.44. The van der Waals surface area contributed by atoms with Crippen molar-refractivity contribution in [2.75, 3.05) is 19.0 Å². The van der Waals surface area contributed by atoms with Crippen molar-refractivity contribution in [1.82, 2.24) is 9.80 Å². The van der Waals surface area contributed by atoms with E-state index in [9.17, 15) is 14.4 Å². The van der Waals surface area contributed by atoms with E-state index in [1.807, 2.05) is 6.07 Å². The van der Waals surface area contributed by atoms with Gasteiger partial charge >= 0.3 is 6.03 Å². The Kier molecular flexibility index (Phi) is 3.66. The van der Waals surface area contributed by atoms with Gasteiger partial charge in [0.25, 0.3) is 0 Å². The molecule has 0 unspecified atom stereocenters. The van der Waals surface area contributed by atoms with Crippen molar-refractivity contribution in [3.63, 3.8) is 0 Å². The molecule has 3 fully saturated rings. The van der Waals surface area contributed by atoms with Crippen LogP contribution in [0.2, 0.25) is 0 Å². The van der Waals surface area contributed by atoms with Crippen LogP contribution >= 0.6 is 0 Å². The third-order valence-corrected chi connectivity index (χ3v) is 7.92. The molecule has 3 aliphatic heterocycles. The van der Waals surface area contributed by atoms with Gasteiger partial charge in [-0.1, -0.05) is 32.9 Å². The molecule has 1 saturated carbocycles. The van der Waals surface area contributed by atoms with Crippen LogP contribution in [-0.4, -0.2) is 53.8 Å². The molecule has 0 radical (unpaired) electrons. The Morgan fingerprint density at radius 3 is 2.27 bits per heavy atom. The normalized spacial score (nSPS) is 33.8. The predicted octanol–water partition coefficient (Wildman–Crippen LogP) is 3.19. The number of nitrogens with zero attached hydrogens (tertiary/aromatic N) is 3. The number of rotatable bonds is 0. The van der Waals surface area contributed by atoms with E-state index in [0.29, 0.717) is 11.3 Å². The van der Waals surface area contributed by atoms with Crippen LogP contribution in [0.5, 0.6) is 0 Å². The Balaban J connectivity index is 1.81. The smallest absolute Gasteiger partial charge is 0.332 e. The Morgan fingerprint density at radius 2 is 1.63 bits per heavy atom. The van der Waals surface area contributed by atoms with Crippen molar-refractivity contribution in [2.45, 2.75) is 58.5 Å². The molecule has 1 aromatic carbocycles. The third-order valence-electron chi connectivity index (χ3n) is 7.92. The predicted molar refractivity (Wildman–Crippen MR) is 109 cm³/mol. The zero-order valence-corrected chi connectivity index (χ0v) is 18.2. The molecule has 0 N–H and O–H groups in total. The summed E-state index contributed by atoms with van der Waals surface area (Å²) < 4.78 is 15.2. The zero-order chi connectivity index (χ0) is 21.8. The Bertz CT molecular complexity index is 981.